The highest BCUT2D eigenvalue weighted by atomic mass is 16.5. The maximum absolute atomic E-state index is 12.1. The van der Waals surface area contributed by atoms with E-state index < -0.39 is 29.0 Å². The molecule has 0 saturated heterocycles. The first-order chi connectivity index (χ1) is 8.96. The smallest absolute Gasteiger partial charge is 0.441 e. The van der Waals surface area contributed by atoms with E-state index in [-0.39, 0.29) is 6.61 Å². The summed E-state index contributed by atoms with van der Waals surface area (Å²) in [7, 11) is 0. The van der Waals surface area contributed by atoms with Crippen molar-refractivity contribution in [2.24, 2.45) is 5.92 Å². The first kappa shape index (κ1) is 15.5. The Labute approximate surface area is 112 Å². The summed E-state index contributed by atoms with van der Waals surface area (Å²) < 4.78 is 4.65. The topological polar surface area (TPSA) is 100 Å². The fourth-order valence-electron chi connectivity index (χ4n) is 2.44. The van der Waals surface area contributed by atoms with Gasteiger partial charge in [0, 0.05) is 0 Å². The van der Waals surface area contributed by atoms with Crippen LogP contribution in [0.5, 0.6) is 0 Å². The van der Waals surface area contributed by atoms with Gasteiger partial charge in [-0.2, -0.15) is 4.79 Å². The lowest BCUT2D eigenvalue weighted by molar-refractivity contribution is -0.144. The maximum Gasteiger partial charge on any atom is 0.441 e. The van der Waals surface area contributed by atoms with Gasteiger partial charge < -0.3 is 15.4 Å². The van der Waals surface area contributed by atoms with Crippen molar-refractivity contribution in [3.8, 4) is 0 Å². The second kappa shape index (κ2) is 6.59. The zero-order chi connectivity index (χ0) is 14.5. The summed E-state index contributed by atoms with van der Waals surface area (Å²) in [6, 6.07) is 0. The molecule has 0 bridgehead atoms. The number of carbonyl (C=O) groups excluding carboxylic acids is 2. The van der Waals surface area contributed by atoms with Crippen molar-refractivity contribution < 1.29 is 24.2 Å². The lowest BCUT2D eigenvalue weighted by atomic mass is 9.74. The Balaban J connectivity index is 2.85. The molecule has 0 spiro atoms. The quantitative estimate of drug-likeness (QED) is 0.265. The average molecular weight is 268 g/mol. The van der Waals surface area contributed by atoms with E-state index in [4.69, 9.17) is 5.53 Å². The van der Waals surface area contributed by atoms with Crippen molar-refractivity contribution in [2.75, 3.05) is 6.61 Å². The van der Waals surface area contributed by atoms with Crippen LogP contribution in [0.25, 0.3) is 5.53 Å². The SMILES string of the molecule is CCOC(=O)C(=[N+]=[N-])C(=O)C(C)C1(O)CCCCC1. The minimum atomic E-state index is -1.13. The Bertz CT molecular complexity index is 407. The third kappa shape index (κ3) is 3.49. The van der Waals surface area contributed by atoms with Gasteiger partial charge in [-0.15, -0.1) is 0 Å². The second-order valence-corrected chi connectivity index (χ2v) is 4.92. The number of ketones is 1. The van der Waals surface area contributed by atoms with Gasteiger partial charge in [-0.1, -0.05) is 26.2 Å². The Hall–Kier alpha value is -1.52. The van der Waals surface area contributed by atoms with E-state index in [1.807, 2.05) is 0 Å². The largest absolute Gasteiger partial charge is 0.457 e. The Kier molecular flexibility index (Phi) is 5.39. The van der Waals surface area contributed by atoms with Crippen LogP contribution in [0, 0.1) is 5.92 Å². The number of hydrogen-bond donors (Lipinski definition) is 1. The summed E-state index contributed by atoms with van der Waals surface area (Å²) in [5.74, 6) is -2.42. The van der Waals surface area contributed by atoms with Gasteiger partial charge in [0.15, 0.2) is 0 Å². The van der Waals surface area contributed by atoms with Crippen LogP contribution in [0.4, 0.5) is 0 Å². The van der Waals surface area contributed by atoms with Crippen LogP contribution >= 0.6 is 0 Å². The van der Waals surface area contributed by atoms with E-state index in [9.17, 15) is 14.7 Å². The zero-order valence-electron chi connectivity index (χ0n) is 11.4. The summed E-state index contributed by atoms with van der Waals surface area (Å²) in [5.41, 5.74) is 7.04. The standard InChI is InChI=1S/C13H20N2O4/c1-3-19-12(17)10(15-14)11(16)9(2)13(18)7-5-4-6-8-13/h9,18H,3-8H2,1-2H3. The van der Waals surface area contributed by atoms with Gasteiger partial charge in [-0.05, 0) is 19.8 Å². The number of ether oxygens (including phenoxy) is 1. The number of Topliss-reactive ketones (excluding diaryl/α,β-unsaturated/α-hetero) is 1. The van der Waals surface area contributed by atoms with Crippen LogP contribution in [-0.4, -0.2) is 39.6 Å². The molecule has 0 heterocycles. The van der Waals surface area contributed by atoms with Gasteiger partial charge in [0.05, 0.1) is 18.1 Å². The van der Waals surface area contributed by atoms with Crippen LogP contribution in [0.15, 0.2) is 0 Å². The van der Waals surface area contributed by atoms with Gasteiger partial charge >= 0.3 is 11.7 Å². The van der Waals surface area contributed by atoms with Crippen molar-refractivity contribution in [1.82, 2.24) is 0 Å². The first-order valence-electron chi connectivity index (χ1n) is 6.62. The molecular formula is C13H20N2O4. The second-order valence-electron chi connectivity index (χ2n) is 4.92. The first-order valence-corrected chi connectivity index (χ1v) is 6.62. The number of nitrogens with zero attached hydrogens (tertiary/aromatic N) is 2. The normalized spacial score (nSPS) is 19.1. The number of esters is 1. The van der Waals surface area contributed by atoms with E-state index in [2.05, 4.69) is 9.53 Å². The van der Waals surface area contributed by atoms with E-state index in [1.54, 1.807) is 13.8 Å². The number of carbonyl (C=O) groups is 2. The van der Waals surface area contributed by atoms with Crippen LogP contribution in [-0.2, 0) is 14.3 Å². The van der Waals surface area contributed by atoms with Crippen molar-refractivity contribution in [3.63, 3.8) is 0 Å². The lowest BCUT2D eigenvalue weighted by Crippen LogP contribution is -2.46. The predicted octanol–water partition coefficient (Wildman–Crippen LogP) is 1.12. The Morgan fingerprint density at radius 3 is 2.42 bits per heavy atom. The molecule has 19 heavy (non-hydrogen) atoms. The van der Waals surface area contributed by atoms with E-state index >= 15 is 0 Å². The van der Waals surface area contributed by atoms with E-state index in [0.717, 1.165) is 19.3 Å². The van der Waals surface area contributed by atoms with Crippen LogP contribution in [0.3, 0.4) is 0 Å². The summed E-state index contributed by atoms with van der Waals surface area (Å²) in [6.07, 6.45) is 3.75. The molecule has 0 aliphatic heterocycles. The van der Waals surface area contributed by atoms with Crippen LogP contribution in [0.1, 0.15) is 46.0 Å². The van der Waals surface area contributed by atoms with E-state index in [1.165, 1.54) is 0 Å². The highest BCUT2D eigenvalue weighted by Crippen LogP contribution is 2.34. The highest BCUT2D eigenvalue weighted by molar-refractivity contribution is 6.62. The number of aliphatic hydroxyl groups is 1. The van der Waals surface area contributed by atoms with Gasteiger partial charge in [0.25, 0.3) is 5.78 Å². The van der Waals surface area contributed by atoms with Crippen molar-refractivity contribution in [2.45, 2.75) is 51.6 Å². The van der Waals surface area contributed by atoms with Gasteiger partial charge in [-0.3, -0.25) is 4.79 Å². The molecule has 1 aliphatic carbocycles. The molecule has 1 rings (SSSR count). The molecule has 1 fully saturated rings. The molecule has 6 heteroatoms. The van der Waals surface area contributed by atoms with E-state index in [0.29, 0.717) is 12.8 Å². The summed E-state index contributed by atoms with van der Waals surface area (Å²) in [4.78, 5) is 26.4. The minimum Gasteiger partial charge on any atom is -0.457 e. The molecule has 6 nitrogen and oxygen atoms in total. The van der Waals surface area contributed by atoms with Gasteiger partial charge in [0.2, 0.25) is 0 Å². The third-order valence-electron chi connectivity index (χ3n) is 3.72. The molecule has 1 unspecified atom stereocenters. The van der Waals surface area contributed by atoms with Crippen molar-refractivity contribution >= 4 is 17.5 Å². The highest BCUT2D eigenvalue weighted by Gasteiger charge is 2.45. The maximum atomic E-state index is 12.1. The van der Waals surface area contributed by atoms with Crippen molar-refractivity contribution in [3.05, 3.63) is 5.53 Å². The number of hydrogen-bond acceptors (Lipinski definition) is 4. The summed E-state index contributed by atoms with van der Waals surface area (Å²) in [6.45, 7) is 3.23. The Morgan fingerprint density at radius 1 is 1.37 bits per heavy atom. The summed E-state index contributed by atoms with van der Waals surface area (Å²) in [5, 5.41) is 10.5. The third-order valence-corrected chi connectivity index (χ3v) is 3.72. The van der Waals surface area contributed by atoms with Crippen LogP contribution in [0.2, 0.25) is 0 Å². The summed E-state index contributed by atoms with van der Waals surface area (Å²) >= 11 is 0. The lowest BCUT2D eigenvalue weighted by Gasteiger charge is -2.35. The van der Waals surface area contributed by atoms with Gasteiger partial charge in [-0.25, -0.2) is 4.79 Å². The number of rotatable bonds is 5. The molecule has 0 aromatic heterocycles. The monoisotopic (exact) mass is 268 g/mol. The van der Waals surface area contributed by atoms with Crippen LogP contribution < -0.4 is 0 Å². The fraction of sp³-hybridized carbons (Fsp3) is 0.769. The molecule has 0 aromatic carbocycles. The molecule has 1 N–H and O–H groups in total. The molecule has 1 saturated carbocycles. The molecule has 0 aromatic rings. The van der Waals surface area contributed by atoms with Gasteiger partial charge in [0.1, 0.15) is 0 Å². The molecule has 106 valence electrons. The van der Waals surface area contributed by atoms with Crippen molar-refractivity contribution in [1.29, 1.82) is 0 Å². The predicted molar refractivity (Wildman–Crippen MR) is 67.5 cm³/mol. The molecule has 0 radical (unpaired) electrons. The molecule has 1 atom stereocenters. The molecule has 1 aliphatic rings. The average Bonchev–Trinajstić information content (AvgIpc) is 2.39. The molecule has 0 amide bonds. The fourth-order valence-corrected chi connectivity index (χ4v) is 2.44. The zero-order valence-corrected chi connectivity index (χ0v) is 11.4. The molecular weight excluding hydrogens is 248 g/mol. The minimum absolute atomic E-state index is 0.0871. The Morgan fingerprint density at radius 2 is 1.95 bits per heavy atom.